The van der Waals surface area contributed by atoms with Crippen LogP contribution < -0.4 is 0 Å². The first-order chi connectivity index (χ1) is 4.40. The van der Waals surface area contributed by atoms with Gasteiger partial charge >= 0.3 is 0 Å². The molecule has 0 amide bonds. The number of allylic oxidation sites excluding steroid dienone is 2. The van der Waals surface area contributed by atoms with Crippen LogP contribution >= 0.6 is 0 Å². The van der Waals surface area contributed by atoms with Crippen LogP contribution in [0.25, 0.3) is 0 Å². The summed E-state index contributed by atoms with van der Waals surface area (Å²) in [4.78, 5) is 0. The van der Waals surface area contributed by atoms with E-state index in [2.05, 4.69) is 19.1 Å². The molecule has 0 aliphatic heterocycles. The molecule has 2 aliphatic carbocycles. The fraction of sp³-hybridized carbons (Fsp3) is 0.778. The molecule has 2 bridgehead atoms. The third-order valence-electron chi connectivity index (χ3n) is 2.94. The van der Waals surface area contributed by atoms with E-state index in [1.54, 1.807) is 0 Å². The Morgan fingerprint density at radius 3 is 2.56 bits per heavy atom. The number of hydrogen-bond acceptors (Lipinski definition) is 0. The van der Waals surface area contributed by atoms with E-state index in [4.69, 9.17) is 0 Å². The maximum atomic E-state index is 2.43. The first kappa shape index (κ1) is 5.52. The van der Waals surface area contributed by atoms with E-state index < -0.39 is 0 Å². The zero-order chi connectivity index (χ0) is 6.27. The van der Waals surface area contributed by atoms with Crippen molar-refractivity contribution in [3.63, 3.8) is 0 Å². The lowest BCUT2D eigenvalue weighted by Gasteiger charge is -2.14. The standard InChI is InChI=1S/C9H14/c1-2-8-5-7-3-4-9(8)6-7/h3-4,7-9H,2,5-6H2,1H3/t7-,8?,9-/m1/s1. The molecular formula is C9H14. The summed E-state index contributed by atoms with van der Waals surface area (Å²) < 4.78 is 0. The smallest absolute Gasteiger partial charge is 0.0199 e. The summed E-state index contributed by atoms with van der Waals surface area (Å²) >= 11 is 0. The molecule has 1 unspecified atom stereocenters. The van der Waals surface area contributed by atoms with Gasteiger partial charge in [-0.05, 0) is 30.6 Å². The third kappa shape index (κ3) is 0.726. The minimum Gasteiger partial charge on any atom is -0.0851 e. The Labute approximate surface area is 57.0 Å². The predicted molar refractivity (Wildman–Crippen MR) is 39.1 cm³/mol. The molecule has 0 heterocycles. The average Bonchev–Trinajstić information content (AvgIpc) is 2.45. The predicted octanol–water partition coefficient (Wildman–Crippen LogP) is 2.61. The van der Waals surface area contributed by atoms with E-state index in [1.807, 2.05) is 0 Å². The Balaban J connectivity index is 2.10. The lowest BCUT2D eigenvalue weighted by atomic mass is 9.91. The fourth-order valence-electron chi connectivity index (χ4n) is 2.36. The molecule has 0 aromatic rings. The minimum atomic E-state index is 0.972. The van der Waals surface area contributed by atoms with Crippen molar-refractivity contribution in [3.8, 4) is 0 Å². The van der Waals surface area contributed by atoms with Gasteiger partial charge < -0.3 is 0 Å². The maximum absolute atomic E-state index is 2.43. The van der Waals surface area contributed by atoms with Gasteiger partial charge in [-0.1, -0.05) is 25.5 Å². The largest absolute Gasteiger partial charge is 0.0851 e. The molecule has 0 heteroatoms. The summed E-state index contributed by atoms with van der Waals surface area (Å²) in [6.07, 6.45) is 9.20. The summed E-state index contributed by atoms with van der Waals surface area (Å²) in [5.41, 5.74) is 0. The van der Waals surface area contributed by atoms with Gasteiger partial charge in [0.25, 0.3) is 0 Å². The van der Waals surface area contributed by atoms with Crippen molar-refractivity contribution in [2.75, 3.05) is 0 Å². The molecule has 0 nitrogen and oxygen atoms in total. The van der Waals surface area contributed by atoms with E-state index in [1.165, 1.54) is 19.3 Å². The summed E-state index contributed by atoms with van der Waals surface area (Å²) in [7, 11) is 0. The van der Waals surface area contributed by atoms with Gasteiger partial charge in [-0.15, -0.1) is 0 Å². The lowest BCUT2D eigenvalue weighted by molar-refractivity contribution is 0.434. The van der Waals surface area contributed by atoms with Gasteiger partial charge in [-0.2, -0.15) is 0 Å². The highest BCUT2D eigenvalue weighted by molar-refractivity contribution is 5.09. The zero-order valence-corrected chi connectivity index (χ0v) is 6.01. The fourth-order valence-corrected chi connectivity index (χ4v) is 2.36. The molecular weight excluding hydrogens is 108 g/mol. The topological polar surface area (TPSA) is 0 Å². The van der Waals surface area contributed by atoms with E-state index in [-0.39, 0.29) is 0 Å². The molecule has 2 aliphatic rings. The van der Waals surface area contributed by atoms with Gasteiger partial charge in [0.1, 0.15) is 0 Å². The molecule has 0 aromatic carbocycles. The highest BCUT2D eigenvalue weighted by Gasteiger charge is 2.33. The van der Waals surface area contributed by atoms with Gasteiger partial charge in [-0.3, -0.25) is 0 Å². The Morgan fingerprint density at radius 2 is 2.22 bits per heavy atom. The third-order valence-corrected chi connectivity index (χ3v) is 2.94. The van der Waals surface area contributed by atoms with E-state index in [9.17, 15) is 0 Å². The van der Waals surface area contributed by atoms with Crippen molar-refractivity contribution in [2.45, 2.75) is 26.2 Å². The van der Waals surface area contributed by atoms with Crippen LogP contribution in [0.3, 0.4) is 0 Å². The van der Waals surface area contributed by atoms with Crippen LogP contribution in [0.5, 0.6) is 0 Å². The van der Waals surface area contributed by atoms with Gasteiger partial charge in [0, 0.05) is 0 Å². The van der Waals surface area contributed by atoms with Crippen LogP contribution in [-0.2, 0) is 0 Å². The Kier molecular flexibility index (Phi) is 1.14. The first-order valence-electron chi connectivity index (χ1n) is 4.08. The lowest BCUT2D eigenvalue weighted by Crippen LogP contribution is -2.04. The van der Waals surface area contributed by atoms with Crippen molar-refractivity contribution in [2.24, 2.45) is 17.8 Å². The van der Waals surface area contributed by atoms with Crippen molar-refractivity contribution in [1.82, 2.24) is 0 Å². The SMILES string of the molecule is CCC1C[C@H]2C=C[C@@H]1C2. The molecule has 1 saturated carbocycles. The van der Waals surface area contributed by atoms with Gasteiger partial charge in [-0.25, -0.2) is 0 Å². The monoisotopic (exact) mass is 122 g/mol. The summed E-state index contributed by atoms with van der Waals surface area (Å²) in [6, 6.07) is 0. The zero-order valence-electron chi connectivity index (χ0n) is 6.01. The second-order valence-electron chi connectivity index (χ2n) is 3.45. The molecule has 9 heavy (non-hydrogen) atoms. The van der Waals surface area contributed by atoms with Crippen LogP contribution in [0.4, 0.5) is 0 Å². The van der Waals surface area contributed by atoms with Crippen molar-refractivity contribution in [3.05, 3.63) is 12.2 Å². The quantitative estimate of drug-likeness (QED) is 0.469. The second kappa shape index (κ2) is 1.86. The highest BCUT2D eigenvalue weighted by atomic mass is 14.4. The van der Waals surface area contributed by atoms with Crippen molar-refractivity contribution in [1.29, 1.82) is 0 Å². The average molecular weight is 122 g/mol. The molecule has 50 valence electrons. The Bertz CT molecular complexity index is 135. The highest BCUT2D eigenvalue weighted by Crippen LogP contribution is 2.44. The second-order valence-corrected chi connectivity index (χ2v) is 3.45. The molecule has 0 radical (unpaired) electrons. The molecule has 3 atom stereocenters. The molecule has 1 fully saturated rings. The van der Waals surface area contributed by atoms with Crippen LogP contribution in [0.15, 0.2) is 12.2 Å². The van der Waals surface area contributed by atoms with Crippen LogP contribution in [0, 0.1) is 17.8 Å². The van der Waals surface area contributed by atoms with Crippen molar-refractivity contribution >= 4 is 0 Å². The summed E-state index contributed by atoms with van der Waals surface area (Å²) in [5.74, 6) is 2.99. The maximum Gasteiger partial charge on any atom is -0.0199 e. The molecule has 0 aromatic heterocycles. The normalized spacial score (nSPS) is 46.6. The van der Waals surface area contributed by atoms with Gasteiger partial charge in [0.2, 0.25) is 0 Å². The van der Waals surface area contributed by atoms with Gasteiger partial charge in [0.15, 0.2) is 0 Å². The van der Waals surface area contributed by atoms with Gasteiger partial charge in [0.05, 0.1) is 0 Å². The van der Waals surface area contributed by atoms with E-state index in [0.717, 1.165) is 17.8 Å². The molecule has 0 saturated heterocycles. The summed E-state index contributed by atoms with van der Waals surface area (Å²) in [6.45, 7) is 2.32. The molecule has 0 spiro atoms. The number of rotatable bonds is 1. The van der Waals surface area contributed by atoms with E-state index in [0.29, 0.717) is 0 Å². The first-order valence-corrected chi connectivity index (χ1v) is 4.08. The minimum absolute atomic E-state index is 0.972. The Morgan fingerprint density at radius 1 is 1.33 bits per heavy atom. The molecule has 2 rings (SSSR count). The summed E-state index contributed by atoms with van der Waals surface area (Å²) in [5, 5.41) is 0. The number of hydrogen-bond donors (Lipinski definition) is 0. The van der Waals surface area contributed by atoms with Crippen LogP contribution in [0.2, 0.25) is 0 Å². The van der Waals surface area contributed by atoms with Crippen molar-refractivity contribution < 1.29 is 0 Å². The van der Waals surface area contributed by atoms with E-state index >= 15 is 0 Å². The van der Waals surface area contributed by atoms with Crippen LogP contribution in [0.1, 0.15) is 26.2 Å². The van der Waals surface area contributed by atoms with Crippen LogP contribution in [-0.4, -0.2) is 0 Å². The Hall–Kier alpha value is -0.260. The molecule has 0 N–H and O–H groups in total. The number of fused-ring (bicyclic) bond motifs is 2.